The third-order valence-corrected chi connectivity index (χ3v) is 0.591. The lowest BCUT2D eigenvalue weighted by Crippen LogP contribution is -2.19. The fraction of sp³-hybridized carbons (Fsp3) is 0.750. The maximum absolute atomic E-state index is 9.49. The van der Waals surface area contributed by atoms with Crippen LogP contribution in [-0.4, -0.2) is 12.3 Å². The fourth-order valence-electron chi connectivity index (χ4n) is 0.0833. The zero-order valence-corrected chi connectivity index (χ0v) is 3.77. The molecule has 0 bridgehead atoms. The molecule has 0 aliphatic heterocycles. The summed E-state index contributed by atoms with van der Waals surface area (Å²) < 4.78 is 0. The summed E-state index contributed by atoms with van der Waals surface area (Å²) in [5.74, 6) is 0. The Morgan fingerprint density at radius 1 is 2.00 bits per heavy atom. The minimum Gasteiger partial charge on any atom is -0.321 e. The van der Waals surface area contributed by atoms with E-state index in [1.54, 1.807) is 6.29 Å². The molecule has 0 saturated heterocycles. The van der Waals surface area contributed by atoms with Crippen molar-refractivity contribution in [2.24, 2.45) is 5.73 Å². The summed E-state index contributed by atoms with van der Waals surface area (Å²) in [4.78, 5) is 9.49. The van der Waals surface area contributed by atoms with Crippen LogP contribution in [0.3, 0.4) is 0 Å². The minimum atomic E-state index is -0.370. The van der Waals surface area contributed by atoms with Crippen molar-refractivity contribution in [3.05, 3.63) is 0 Å². The van der Waals surface area contributed by atoms with Crippen LogP contribution < -0.4 is 5.73 Å². The molecule has 2 heteroatoms. The molecule has 0 heterocycles. The number of nitrogens with two attached hydrogens (primary N) is 1. The molecule has 1 atom stereocenters. The van der Waals surface area contributed by atoms with E-state index in [4.69, 9.17) is 5.73 Å². The molecule has 0 spiro atoms. The summed E-state index contributed by atoms with van der Waals surface area (Å²) >= 11 is 0. The van der Waals surface area contributed by atoms with Crippen LogP contribution in [0.15, 0.2) is 0 Å². The standard InChI is InChI=1S/C4H8NO/c1-2-4(5)3-6/h4H,2,5H2,1H3/t4-/m1/s1. The van der Waals surface area contributed by atoms with Gasteiger partial charge in [0.15, 0.2) is 0 Å². The zero-order chi connectivity index (χ0) is 4.99. The van der Waals surface area contributed by atoms with Crippen molar-refractivity contribution in [3.63, 3.8) is 0 Å². The minimum absolute atomic E-state index is 0.370. The van der Waals surface area contributed by atoms with E-state index in [1.165, 1.54) is 0 Å². The average Bonchev–Trinajstić information content (AvgIpc) is 1.65. The van der Waals surface area contributed by atoms with Gasteiger partial charge in [0, 0.05) is 0 Å². The Morgan fingerprint density at radius 3 is 2.50 bits per heavy atom. The van der Waals surface area contributed by atoms with E-state index in [0.717, 1.165) is 0 Å². The second-order valence-electron chi connectivity index (χ2n) is 1.13. The van der Waals surface area contributed by atoms with Crippen LogP contribution in [0.25, 0.3) is 0 Å². The lowest BCUT2D eigenvalue weighted by Gasteiger charge is -1.89. The van der Waals surface area contributed by atoms with Gasteiger partial charge in [0.25, 0.3) is 0 Å². The molecular weight excluding hydrogens is 78.0 g/mol. The summed E-state index contributed by atoms with van der Waals surface area (Å²) in [6, 6.07) is -0.370. The van der Waals surface area contributed by atoms with Gasteiger partial charge in [-0.1, -0.05) is 6.92 Å². The van der Waals surface area contributed by atoms with Gasteiger partial charge in [0.2, 0.25) is 6.29 Å². The van der Waals surface area contributed by atoms with Crippen molar-refractivity contribution in [1.82, 2.24) is 0 Å². The first kappa shape index (κ1) is 5.63. The van der Waals surface area contributed by atoms with E-state index in [-0.39, 0.29) is 6.04 Å². The highest BCUT2D eigenvalue weighted by Gasteiger charge is 1.91. The smallest absolute Gasteiger partial charge is 0.216 e. The monoisotopic (exact) mass is 86.1 g/mol. The van der Waals surface area contributed by atoms with Gasteiger partial charge in [-0.05, 0) is 6.42 Å². The maximum Gasteiger partial charge on any atom is 0.216 e. The SMILES string of the molecule is CC[C@@H](N)[C]=O. The summed E-state index contributed by atoms with van der Waals surface area (Å²) in [5, 5.41) is 0. The largest absolute Gasteiger partial charge is 0.321 e. The first-order valence-corrected chi connectivity index (χ1v) is 1.94. The van der Waals surface area contributed by atoms with Gasteiger partial charge in [0.05, 0.1) is 6.04 Å². The molecule has 0 aromatic carbocycles. The van der Waals surface area contributed by atoms with Crippen molar-refractivity contribution in [1.29, 1.82) is 0 Å². The van der Waals surface area contributed by atoms with E-state index in [0.29, 0.717) is 6.42 Å². The molecule has 0 aromatic heterocycles. The van der Waals surface area contributed by atoms with E-state index in [9.17, 15) is 4.79 Å². The molecule has 0 unspecified atom stereocenters. The van der Waals surface area contributed by atoms with Gasteiger partial charge in [-0.15, -0.1) is 0 Å². The molecule has 1 radical (unpaired) electrons. The van der Waals surface area contributed by atoms with Crippen molar-refractivity contribution >= 4 is 6.29 Å². The Hall–Kier alpha value is -0.370. The molecule has 2 N–H and O–H groups in total. The van der Waals surface area contributed by atoms with Gasteiger partial charge in [-0.3, -0.25) is 4.79 Å². The molecule has 35 valence electrons. The first-order valence-electron chi connectivity index (χ1n) is 1.94. The Morgan fingerprint density at radius 2 is 2.50 bits per heavy atom. The summed E-state index contributed by atoms with van der Waals surface area (Å²) in [7, 11) is 0. The van der Waals surface area contributed by atoms with Gasteiger partial charge in [0.1, 0.15) is 0 Å². The number of hydrogen-bond acceptors (Lipinski definition) is 2. The number of carbonyl (C=O) groups excluding carboxylic acids is 1. The van der Waals surface area contributed by atoms with Crippen LogP contribution in [0.1, 0.15) is 13.3 Å². The van der Waals surface area contributed by atoms with Crippen LogP contribution in [0, 0.1) is 0 Å². The second-order valence-corrected chi connectivity index (χ2v) is 1.13. The summed E-state index contributed by atoms with van der Waals surface area (Å²) in [6.45, 7) is 1.84. The quantitative estimate of drug-likeness (QED) is 0.507. The van der Waals surface area contributed by atoms with Crippen LogP contribution in [-0.2, 0) is 4.79 Å². The highest BCUT2D eigenvalue weighted by Crippen LogP contribution is 1.75. The van der Waals surface area contributed by atoms with Gasteiger partial charge in [-0.25, -0.2) is 0 Å². The molecule has 0 fully saturated rings. The maximum atomic E-state index is 9.49. The lowest BCUT2D eigenvalue weighted by atomic mass is 10.3. The molecule has 0 aromatic rings. The van der Waals surface area contributed by atoms with Crippen molar-refractivity contribution in [2.75, 3.05) is 0 Å². The van der Waals surface area contributed by atoms with E-state index >= 15 is 0 Å². The molecule has 0 saturated carbocycles. The second kappa shape index (κ2) is 2.85. The zero-order valence-electron chi connectivity index (χ0n) is 3.77. The molecule has 0 aliphatic carbocycles. The van der Waals surface area contributed by atoms with E-state index < -0.39 is 0 Å². The summed E-state index contributed by atoms with van der Waals surface area (Å²) in [5.41, 5.74) is 5.05. The number of rotatable bonds is 2. The van der Waals surface area contributed by atoms with E-state index in [1.807, 2.05) is 6.92 Å². The third kappa shape index (κ3) is 1.91. The molecular formula is C4H8NO. The van der Waals surface area contributed by atoms with Crippen LogP contribution in [0.4, 0.5) is 0 Å². The van der Waals surface area contributed by atoms with Crippen LogP contribution in [0.5, 0.6) is 0 Å². The van der Waals surface area contributed by atoms with Gasteiger partial charge >= 0.3 is 0 Å². The van der Waals surface area contributed by atoms with Crippen molar-refractivity contribution in [2.45, 2.75) is 19.4 Å². The molecule has 6 heavy (non-hydrogen) atoms. The van der Waals surface area contributed by atoms with Crippen molar-refractivity contribution < 1.29 is 4.79 Å². The van der Waals surface area contributed by atoms with Gasteiger partial charge in [-0.2, -0.15) is 0 Å². The third-order valence-electron chi connectivity index (χ3n) is 0.591. The topological polar surface area (TPSA) is 43.1 Å². The van der Waals surface area contributed by atoms with Crippen LogP contribution in [0.2, 0.25) is 0 Å². The molecule has 0 amide bonds. The Kier molecular flexibility index (Phi) is 2.67. The molecule has 0 rings (SSSR count). The molecule has 2 nitrogen and oxygen atoms in total. The summed E-state index contributed by atoms with van der Waals surface area (Å²) in [6.07, 6.45) is 2.33. The Bertz CT molecular complexity index is 44.8. The number of hydrogen-bond donors (Lipinski definition) is 1. The predicted molar refractivity (Wildman–Crippen MR) is 24.0 cm³/mol. The van der Waals surface area contributed by atoms with Crippen molar-refractivity contribution in [3.8, 4) is 0 Å². The predicted octanol–water partition coefficient (Wildman–Crippen LogP) is -0.167. The Labute approximate surface area is 37.3 Å². The van der Waals surface area contributed by atoms with Crippen LogP contribution >= 0.6 is 0 Å². The van der Waals surface area contributed by atoms with Gasteiger partial charge < -0.3 is 5.73 Å². The lowest BCUT2D eigenvalue weighted by molar-refractivity contribution is 0.539. The highest BCUT2D eigenvalue weighted by molar-refractivity contribution is 5.57. The highest BCUT2D eigenvalue weighted by atomic mass is 16.1. The Balaban J connectivity index is 2.96. The molecule has 0 aliphatic rings. The van der Waals surface area contributed by atoms with E-state index in [2.05, 4.69) is 0 Å². The average molecular weight is 86.1 g/mol. The fourth-order valence-corrected chi connectivity index (χ4v) is 0.0833. The first-order chi connectivity index (χ1) is 2.81. The normalized spacial score (nSPS) is 13.7.